The third-order valence-electron chi connectivity index (χ3n) is 2.39. The highest BCUT2D eigenvalue weighted by molar-refractivity contribution is 7.92. The largest absolute Gasteiger partial charge is 0.411 e. The van der Waals surface area contributed by atoms with Crippen molar-refractivity contribution in [2.45, 2.75) is 46.3 Å². The smallest absolute Gasteiger partial charge is 0.158 e. The lowest BCUT2D eigenvalue weighted by Crippen LogP contribution is -2.38. The zero-order valence-corrected chi connectivity index (χ0v) is 10.9. The number of oxime groups is 1. The van der Waals surface area contributed by atoms with Gasteiger partial charge < -0.3 is 5.21 Å². The van der Waals surface area contributed by atoms with Crippen molar-refractivity contribution >= 4 is 15.5 Å². The van der Waals surface area contributed by atoms with E-state index in [1.54, 1.807) is 13.8 Å². The molecular weight excluding hydrogens is 214 g/mol. The van der Waals surface area contributed by atoms with Crippen LogP contribution in [0.3, 0.4) is 0 Å². The fraction of sp³-hybridized carbons (Fsp3) is 0.900. The van der Waals surface area contributed by atoms with Crippen LogP contribution in [-0.4, -0.2) is 30.3 Å². The van der Waals surface area contributed by atoms with Gasteiger partial charge in [-0.15, -0.1) is 0 Å². The first-order valence-electron chi connectivity index (χ1n) is 5.14. The second-order valence-electron chi connectivity index (χ2n) is 4.58. The summed E-state index contributed by atoms with van der Waals surface area (Å²) in [6.07, 6.45) is 0.437. The number of nitrogens with zero attached hydrogens (tertiary/aromatic N) is 1. The van der Waals surface area contributed by atoms with E-state index in [2.05, 4.69) is 5.16 Å². The van der Waals surface area contributed by atoms with Crippen molar-refractivity contribution < 1.29 is 13.6 Å². The summed E-state index contributed by atoms with van der Waals surface area (Å²) in [7, 11) is -3.20. The summed E-state index contributed by atoms with van der Waals surface area (Å²) in [6.45, 7) is 8.92. The third-order valence-corrected chi connectivity index (χ3v) is 4.62. The second kappa shape index (κ2) is 4.96. The van der Waals surface area contributed by atoms with E-state index in [1.807, 2.05) is 20.8 Å². The molecule has 1 N–H and O–H groups in total. The molecule has 0 heterocycles. The van der Waals surface area contributed by atoms with Crippen LogP contribution in [0, 0.1) is 5.41 Å². The Morgan fingerprint density at radius 1 is 1.33 bits per heavy atom. The SMILES string of the molecule is CCC(C(=NO)C(C)(C)C)S(=O)(=O)CC. The van der Waals surface area contributed by atoms with E-state index in [0.717, 1.165) is 0 Å². The summed E-state index contributed by atoms with van der Waals surface area (Å²) in [5.41, 5.74) is -0.0932. The van der Waals surface area contributed by atoms with Crippen molar-refractivity contribution in [2.24, 2.45) is 10.6 Å². The maximum Gasteiger partial charge on any atom is 0.158 e. The highest BCUT2D eigenvalue weighted by Gasteiger charge is 2.34. The van der Waals surface area contributed by atoms with Gasteiger partial charge in [-0.2, -0.15) is 0 Å². The van der Waals surface area contributed by atoms with Crippen molar-refractivity contribution in [1.82, 2.24) is 0 Å². The Balaban J connectivity index is 5.33. The predicted octanol–water partition coefficient (Wildman–Crippen LogP) is 2.08. The van der Waals surface area contributed by atoms with Gasteiger partial charge in [-0.3, -0.25) is 0 Å². The van der Waals surface area contributed by atoms with Crippen molar-refractivity contribution in [2.75, 3.05) is 5.75 Å². The Morgan fingerprint density at radius 3 is 2.00 bits per heavy atom. The van der Waals surface area contributed by atoms with Crippen molar-refractivity contribution in [3.63, 3.8) is 0 Å². The molecule has 0 aromatic carbocycles. The quantitative estimate of drug-likeness (QED) is 0.461. The molecule has 0 amide bonds. The maximum absolute atomic E-state index is 11.8. The minimum Gasteiger partial charge on any atom is -0.411 e. The van der Waals surface area contributed by atoms with Gasteiger partial charge in [-0.05, 0) is 6.42 Å². The van der Waals surface area contributed by atoms with Gasteiger partial charge in [-0.25, -0.2) is 8.42 Å². The molecule has 0 aliphatic rings. The zero-order valence-electron chi connectivity index (χ0n) is 10.1. The first-order chi connectivity index (χ1) is 6.70. The van der Waals surface area contributed by atoms with Crippen LogP contribution in [-0.2, 0) is 9.84 Å². The van der Waals surface area contributed by atoms with Crippen molar-refractivity contribution in [3.8, 4) is 0 Å². The normalized spacial score (nSPS) is 16.5. The van der Waals surface area contributed by atoms with E-state index < -0.39 is 20.5 Å². The third kappa shape index (κ3) is 3.48. The molecule has 15 heavy (non-hydrogen) atoms. The van der Waals surface area contributed by atoms with Crippen LogP contribution in [0.1, 0.15) is 41.0 Å². The molecule has 0 aromatic heterocycles. The molecule has 0 saturated carbocycles. The van der Waals surface area contributed by atoms with Gasteiger partial charge >= 0.3 is 0 Å². The summed E-state index contributed by atoms with van der Waals surface area (Å²) < 4.78 is 23.6. The van der Waals surface area contributed by atoms with Gasteiger partial charge in [0.15, 0.2) is 9.84 Å². The number of rotatable bonds is 4. The van der Waals surface area contributed by atoms with Gasteiger partial charge in [0.05, 0.1) is 5.71 Å². The van der Waals surface area contributed by atoms with E-state index >= 15 is 0 Å². The van der Waals surface area contributed by atoms with Gasteiger partial charge in [0.25, 0.3) is 0 Å². The molecule has 0 rings (SSSR count). The Labute approximate surface area is 92.3 Å². The molecule has 0 aromatic rings. The van der Waals surface area contributed by atoms with E-state index in [1.165, 1.54) is 0 Å². The molecule has 0 bridgehead atoms. The standard InChI is InChI=1S/C10H21NO3S/c1-6-8(15(13,14)7-2)9(11-12)10(3,4)5/h8,12H,6-7H2,1-5H3. The maximum atomic E-state index is 11.8. The first-order valence-corrected chi connectivity index (χ1v) is 6.86. The van der Waals surface area contributed by atoms with Crippen LogP contribution in [0.25, 0.3) is 0 Å². The molecule has 0 aliphatic carbocycles. The van der Waals surface area contributed by atoms with Crippen molar-refractivity contribution in [1.29, 1.82) is 0 Å². The molecule has 0 fully saturated rings. The van der Waals surface area contributed by atoms with Crippen LogP contribution < -0.4 is 0 Å². The summed E-state index contributed by atoms with van der Waals surface area (Å²) >= 11 is 0. The van der Waals surface area contributed by atoms with Crippen LogP contribution in [0.5, 0.6) is 0 Å². The first kappa shape index (κ1) is 14.4. The van der Waals surface area contributed by atoms with Crippen LogP contribution in [0.4, 0.5) is 0 Å². The highest BCUT2D eigenvalue weighted by Crippen LogP contribution is 2.24. The zero-order chi connectivity index (χ0) is 12.3. The fourth-order valence-electron chi connectivity index (χ4n) is 1.52. The van der Waals surface area contributed by atoms with Gasteiger partial charge in [0.1, 0.15) is 5.25 Å². The van der Waals surface area contributed by atoms with Gasteiger partial charge in [0.2, 0.25) is 0 Å². The Kier molecular flexibility index (Phi) is 4.77. The highest BCUT2D eigenvalue weighted by atomic mass is 32.2. The topological polar surface area (TPSA) is 66.7 Å². The average molecular weight is 235 g/mol. The molecule has 1 atom stereocenters. The lowest BCUT2D eigenvalue weighted by molar-refractivity contribution is 0.308. The van der Waals surface area contributed by atoms with E-state index in [0.29, 0.717) is 12.1 Å². The fourth-order valence-corrected chi connectivity index (χ4v) is 3.17. The van der Waals surface area contributed by atoms with Gasteiger partial charge in [0, 0.05) is 11.2 Å². The minimum atomic E-state index is -3.20. The Hall–Kier alpha value is -0.580. The predicted molar refractivity (Wildman–Crippen MR) is 62.2 cm³/mol. The number of hydrogen-bond acceptors (Lipinski definition) is 4. The molecule has 90 valence electrons. The monoisotopic (exact) mass is 235 g/mol. The van der Waals surface area contributed by atoms with Crippen LogP contribution >= 0.6 is 0 Å². The molecule has 0 aliphatic heterocycles. The lowest BCUT2D eigenvalue weighted by atomic mass is 9.87. The van der Waals surface area contributed by atoms with Gasteiger partial charge in [-0.1, -0.05) is 39.8 Å². The molecule has 0 saturated heterocycles. The summed E-state index contributed by atoms with van der Waals surface area (Å²) in [5.74, 6) is 0.0700. The summed E-state index contributed by atoms with van der Waals surface area (Å²) in [6, 6.07) is 0. The van der Waals surface area contributed by atoms with E-state index in [9.17, 15) is 8.42 Å². The molecular formula is C10H21NO3S. The molecule has 0 radical (unpaired) electrons. The van der Waals surface area contributed by atoms with Crippen molar-refractivity contribution in [3.05, 3.63) is 0 Å². The van der Waals surface area contributed by atoms with Crippen LogP contribution in [0.2, 0.25) is 0 Å². The summed E-state index contributed by atoms with van der Waals surface area (Å²) in [5, 5.41) is 11.5. The number of sulfone groups is 1. The van der Waals surface area contributed by atoms with E-state index in [4.69, 9.17) is 5.21 Å². The van der Waals surface area contributed by atoms with Crippen LogP contribution in [0.15, 0.2) is 5.16 Å². The minimum absolute atomic E-state index is 0.0700. The Morgan fingerprint density at radius 2 is 1.80 bits per heavy atom. The number of hydrogen-bond donors (Lipinski definition) is 1. The molecule has 4 nitrogen and oxygen atoms in total. The average Bonchev–Trinajstić information content (AvgIpc) is 2.11. The molecule has 1 unspecified atom stereocenters. The lowest BCUT2D eigenvalue weighted by Gasteiger charge is -2.26. The Bertz CT molecular complexity index is 325. The molecule has 0 spiro atoms. The second-order valence-corrected chi connectivity index (χ2v) is 7.06. The molecule has 5 heteroatoms. The summed E-state index contributed by atoms with van der Waals surface area (Å²) in [4.78, 5) is 0. The van der Waals surface area contributed by atoms with E-state index in [-0.39, 0.29) is 5.75 Å².